The van der Waals surface area contributed by atoms with Crippen LogP contribution in [0.15, 0.2) is 36.5 Å². The Labute approximate surface area is 178 Å². The summed E-state index contributed by atoms with van der Waals surface area (Å²) in [5, 5.41) is 15.8. The first-order valence-corrected chi connectivity index (χ1v) is 14.2. The number of hydrogen-bond acceptors (Lipinski definition) is 6. The molecule has 1 saturated heterocycles. The first-order valence-electron chi connectivity index (χ1n) is 10.5. The number of hydrogen-bond donors (Lipinski definition) is 1. The van der Waals surface area contributed by atoms with Gasteiger partial charge >= 0.3 is 0 Å². The van der Waals surface area contributed by atoms with Gasteiger partial charge in [0, 0.05) is 44.9 Å². The van der Waals surface area contributed by atoms with Crippen molar-refractivity contribution in [2.24, 2.45) is 0 Å². The molecule has 2 aromatic heterocycles. The van der Waals surface area contributed by atoms with Gasteiger partial charge in [0.2, 0.25) is 0 Å². The molecule has 1 aromatic carbocycles. The first kappa shape index (κ1) is 20.8. The molecule has 7 nitrogen and oxygen atoms in total. The summed E-state index contributed by atoms with van der Waals surface area (Å²) in [7, 11) is -1.14. The Morgan fingerprint density at radius 2 is 1.93 bits per heavy atom. The molecule has 0 unspecified atom stereocenters. The van der Waals surface area contributed by atoms with Crippen molar-refractivity contribution in [1.29, 1.82) is 0 Å². The monoisotopic (exact) mass is 426 g/mol. The number of phenols is 1. The Bertz CT molecular complexity index is 1010. The van der Waals surface area contributed by atoms with E-state index in [2.05, 4.69) is 35.6 Å². The van der Waals surface area contributed by atoms with E-state index in [1.54, 1.807) is 12.1 Å². The summed E-state index contributed by atoms with van der Waals surface area (Å²) in [6.07, 6.45) is 1.82. The minimum atomic E-state index is -1.14. The molecule has 30 heavy (non-hydrogen) atoms. The van der Waals surface area contributed by atoms with E-state index in [0.29, 0.717) is 19.9 Å². The van der Waals surface area contributed by atoms with Crippen LogP contribution in [0.5, 0.6) is 5.75 Å². The van der Waals surface area contributed by atoms with Crippen molar-refractivity contribution in [3.05, 3.63) is 36.5 Å². The van der Waals surface area contributed by atoms with Gasteiger partial charge in [-0.3, -0.25) is 0 Å². The number of rotatable bonds is 7. The lowest BCUT2D eigenvalue weighted by Crippen LogP contribution is -2.36. The van der Waals surface area contributed by atoms with Gasteiger partial charge in [0.1, 0.15) is 24.0 Å². The quantitative estimate of drug-likeness (QED) is 0.456. The number of nitrogens with zero attached hydrogens (tertiary/aromatic N) is 4. The predicted octanol–water partition coefficient (Wildman–Crippen LogP) is 3.95. The second kappa shape index (κ2) is 8.75. The Morgan fingerprint density at radius 3 is 2.70 bits per heavy atom. The highest BCUT2D eigenvalue weighted by Crippen LogP contribution is 2.32. The van der Waals surface area contributed by atoms with Gasteiger partial charge in [0.25, 0.3) is 0 Å². The van der Waals surface area contributed by atoms with Gasteiger partial charge in [-0.25, -0.2) is 9.67 Å². The van der Waals surface area contributed by atoms with Crippen molar-refractivity contribution in [2.45, 2.75) is 32.4 Å². The van der Waals surface area contributed by atoms with Gasteiger partial charge in [0.05, 0.1) is 18.7 Å². The van der Waals surface area contributed by atoms with Crippen LogP contribution in [0.3, 0.4) is 0 Å². The third kappa shape index (κ3) is 4.83. The lowest BCUT2D eigenvalue weighted by Gasteiger charge is -2.27. The lowest BCUT2D eigenvalue weighted by atomic mass is 10.1. The van der Waals surface area contributed by atoms with Gasteiger partial charge in [-0.2, -0.15) is 5.10 Å². The van der Waals surface area contributed by atoms with Crippen molar-refractivity contribution in [1.82, 2.24) is 14.8 Å². The number of fused-ring (bicyclic) bond motifs is 1. The highest BCUT2D eigenvalue weighted by Gasteiger charge is 2.17. The molecule has 1 N–H and O–H groups in total. The Hall–Kier alpha value is -2.42. The maximum atomic E-state index is 10.1. The molecule has 3 aromatic rings. The van der Waals surface area contributed by atoms with Crippen molar-refractivity contribution >= 4 is 24.8 Å². The van der Waals surface area contributed by atoms with Crippen molar-refractivity contribution in [3.63, 3.8) is 0 Å². The average Bonchev–Trinajstić information content (AvgIpc) is 3.09. The molecule has 1 fully saturated rings. The summed E-state index contributed by atoms with van der Waals surface area (Å²) in [4.78, 5) is 6.77. The van der Waals surface area contributed by atoms with Crippen LogP contribution >= 0.6 is 0 Å². The number of anilines is 1. The van der Waals surface area contributed by atoms with Crippen LogP contribution in [0, 0.1) is 0 Å². The molecule has 1 aliphatic rings. The number of morpholine rings is 1. The molecule has 0 aliphatic carbocycles. The summed E-state index contributed by atoms with van der Waals surface area (Å²) in [5.74, 6) is 1.15. The van der Waals surface area contributed by atoms with E-state index < -0.39 is 8.07 Å². The van der Waals surface area contributed by atoms with Crippen molar-refractivity contribution in [2.75, 3.05) is 37.8 Å². The number of ether oxygens (including phenoxy) is 2. The third-order valence-corrected chi connectivity index (χ3v) is 7.00. The largest absolute Gasteiger partial charge is 0.508 e. The minimum Gasteiger partial charge on any atom is -0.508 e. The second-order valence-corrected chi connectivity index (χ2v) is 14.5. The average molecular weight is 427 g/mol. The lowest BCUT2D eigenvalue weighted by molar-refractivity contribution is 0.0818. The van der Waals surface area contributed by atoms with Crippen LogP contribution in [-0.2, 0) is 16.2 Å². The molecule has 0 spiro atoms. The molecule has 0 atom stereocenters. The molecule has 160 valence electrons. The maximum Gasteiger partial charge on any atom is 0.140 e. The van der Waals surface area contributed by atoms with E-state index >= 15 is 0 Å². The predicted molar refractivity (Wildman–Crippen MR) is 122 cm³/mol. The third-order valence-electron chi connectivity index (χ3n) is 5.30. The van der Waals surface area contributed by atoms with Gasteiger partial charge in [-0.1, -0.05) is 19.6 Å². The second-order valence-electron chi connectivity index (χ2n) is 8.90. The summed E-state index contributed by atoms with van der Waals surface area (Å²) in [5.41, 5.74) is 2.75. The number of pyridine rings is 1. The van der Waals surface area contributed by atoms with Crippen molar-refractivity contribution in [3.8, 4) is 17.0 Å². The summed E-state index contributed by atoms with van der Waals surface area (Å²) >= 11 is 0. The fourth-order valence-electron chi connectivity index (χ4n) is 3.54. The number of phenolic OH excluding ortho intramolecular Hbond substituents is 1. The zero-order valence-electron chi connectivity index (χ0n) is 18.0. The Balaban J connectivity index is 1.63. The van der Waals surface area contributed by atoms with Crippen LogP contribution in [-0.4, -0.2) is 60.9 Å². The molecule has 3 heterocycles. The standard InChI is InChI=1S/C22H30N4O3Si/c1-30(2,3)13-12-29-16-26-20-5-4-18(27)15-19(20)22(24-26)17-6-7-23-21(14-17)25-8-10-28-11-9-25/h4-7,14-15,27H,8-13,16H2,1-3H3. The first-order chi connectivity index (χ1) is 14.4. The topological polar surface area (TPSA) is 72.6 Å². The molecule has 4 rings (SSSR count). The highest BCUT2D eigenvalue weighted by molar-refractivity contribution is 6.76. The number of aromatic hydroxyl groups is 1. The Kier molecular flexibility index (Phi) is 6.08. The molecular weight excluding hydrogens is 396 g/mol. The van der Waals surface area contributed by atoms with E-state index in [4.69, 9.17) is 14.6 Å². The van der Waals surface area contributed by atoms with Crippen LogP contribution in [0.1, 0.15) is 0 Å². The minimum absolute atomic E-state index is 0.227. The summed E-state index contributed by atoms with van der Waals surface area (Å²) < 4.78 is 13.3. The number of aromatic nitrogens is 3. The molecule has 0 saturated carbocycles. The van der Waals surface area contributed by atoms with Crippen LogP contribution in [0.25, 0.3) is 22.2 Å². The van der Waals surface area contributed by atoms with Crippen LogP contribution in [0.2, 0.25) is 25.7 Å². The molecule has 0 amide bonds. The van der Waals surface area contributed by atoms with Crippen LogP contribution < -0.4 is 4.90 Å². The van der Waals surface area contributed by atoms with Gasteiger partial charge in [0.15, 0.2) is 0 Å². The van der Waals surface area contributed by atoms with E-state index in [1.807, 2.05) is 23.0 Å². The maximum absolute atomic E-state index is 10.1. The fourth-order valence-corrected chi connectivity index (χ4v) is 4.30. The van der Waals surface area contributed by atoms with E-state index in [9.17, 15) is 5.11 Å². The smallest absolute Gasteiger partial charge is 0.140 e. The van der Waals surface area contributed by atoms with Gasteiger partial charge in [-0.15, -0.1) is 0 Å². The normalized spacial score (nSPS) is 15.1. The van der Waals surface area contributed by atoms with Crippen LogP contribution in [0.4, 0.5) is 5.82 Å². The molecular formula is C22H30N4O3Si. The highest BCUT2D eigenvalue weighted by atomic mass is 28.3. The molecule has 0 bridgehead atoms. The summed E-state index contributed by atoms with van der Waals surface area (Å²) in [6, 6.07) is 10.5. The molecule has 0 radical (unpaired) electrons. The number of benzene rings is 1. The molecule has 1 aliphatic heterocycles. The zero-order valence-corrected chi connectivity index (χ0v) is 19.0. The molecule has 8 heteroatoms. The Morgan fingerprint density at radius 1 is 1.13 bits per heavy atom. The van der Waals surface area contributed by atoms with Gasteiger partial charge < -0.3 is 19.5 Å². The SMILES string of the molecule is C[Si](C)(C)CCOCn1nc(-c2ccnc(N3CCOCC3)c2)c2cc(O)ccc21. The summed E-state index contributed by atoms with van der Waals surface area (Å²) in [6.45, 7) is 11.3. The van der Waals surface area contributed by atoms with Crippen molar-refractivity contribution < 1.29 is 14.6 Å². The van der Waals surface area contributed by atoms with Gasteiger partial charge in [-0.05, 0) is 36.4 Å². The fraction of sp³-hybridized carbons (Fsp3) is 0.455. The van der Waals surface area contributed by atoms with E-state index in [0.717, 1.165) is 53.7 Å². The van der Waals surface area contributed by atoms with E-state index in [-0.39, 0.29) is 5.75 Å². The van der Waals surface area contributed by atoms with E-state index in [1.165, 1.54) is 0 Å². The zero-order chi connectivity index (χ0) is 21.1.